The molecule has 2 amide bonds. The molecule has 4 N–H and O–H groups in total. The monoisotopic (exact) mass is 621 g/mol. The zero-order chi connectivity index (χ0) is 32.2. The minimum Gasteiger partial charge on any atom is -0.392 e. The second-order valence-corrected chi connectivity index (χ2v) is 11.4. The van der Waals surface area contributed by atoms with Crippen LogP contribution in [0, 0.1) is 0 Å². The molecule has 3 rings (SSSR count). The third-order valence-corrected chi connectivity index (χ3v) is 7.35. The van der Waals surface area contributed by atoms with Gasteiger partial charge in [0.05, 0.1) is 28.1 Å². The number of carbonyl (C=O) groups excluding carboxylic acids is 2. The average Bonchev–Trinajstić information content (AvgIpc) is 3.54. The number of aryl methyl sites for hydroxylation is 1. The van der Waals surface area contributed by atoms with Gasteiger partial charge in [0, 0.05) is 49.6 Å². The fourth-order valence-electron chi connectivity index (χ4n) is 4.21. The number of fused-ring (bicyclic) bond motifs is 1. The molecule has 0 bridgehead atoms. The van der Waals surface area contributed by atoms with Crippen molar-refractivity contribution >= 4 is 44.8 Å². The highest BCUT2D eigenvalue weighted by Crippen LogP contribution is 2.25. The number of hydrogen-bond donors (Lipinski definition) is 4. The molecule has 2 atom stereocenters. The second kappa shape index (κ2) is 16.5. The summed E-state index contributed by atoms with van der Waals surface area (Å²) in [6, 6.07) is 11.3. The van der Waals surface area contributed by atoms with E-state index in [1.54, 1.807) is 42.1 Å². The van der Waals surface area contributed by atoms with Crippen LogP contribution in [-0.2, 0) is 18.4 Å². The Bertz CT molecular complexity index is 1550. The first-order valence-electron chi connectivity index (χ1n) is 14.1. The van der Waals surface area contributed by atoms with Crippen molar-refractivity contribution in [3.63, 3.8) is 0 Å². The van der Waals surface area contributed by atoms with Gasteiger partial charge >= 0.3 is 0 Å². The molecule has 0 saturated carbocycles. The van der Waals surface area contributed by atoms with Crippen LogP contribution in [0.3, 0.4) is 0 Å². The summed E-state index contributed by atoms with van der Waals surface area (Å²) in [5.41, 5.74) is 4.16. The molecule has 0 spiro atoms. The maximum absolute atomic E-state index is 14.9. The van der Waals surface area contributed by atoms with E-state index in [2.05, 4.69) is 32.8 Å². The predicted molar refractivity (Wildman–Crippen MR) is 176 cm³/mol. The van der Waals surface area contributed by atoms with Crippen LogP contribution in [0.1, 0.15) is 42.6 Å². The number of hydrazone groups is 1. The summed E-state index contributed by atoms with van der Waals surface area (Å²) < 4.78 is 17.6. The number of anilines is 1. The van der Waals surface area contributed by atoms with Gasteiger partial charge in [0.25, 0.3) is 5.91 Å². The number of halogens is 1. The van der Waals surface area contributed by atoms with Gasteiger partial charge in [-0.2, -0.15) is 10.2 Å². The predicted octanol–water partition coefficient (Wildman–Crippen LogP) is 5.04. The van der Waals surface area contributed by atoms with E-state index in [0.29, 0.717) is 41.5 Å². The number of likely N-dealkylation sites (N-methyl/N-ethyl adjacent to an activating group) is 1. The van der Waals surface area contributed by atoms with Gasteiger partial charge in [0.2, 0.25) is 5.91 Å². The van der Waals surface area contributed by atoms with Crippen LogP contribution in [-0.4, -0.2) is 63.2 Å². The lowest BCUT2D eigenvalue weighted by atomic mass is 10.1. The van der Waals surface area contributed by atoms with E-state index in [4.69, 9.17) is 0 Å². The van der Waals surface area contributed by atoms with Crippen LogP contribution in [0.4, 0.5) is 10.2 Å². The number of benzene rings is 1. The van der Waals surface area contributed by atoms with E-state index in [-0.39, 0.29) is 11.6 Å². The number of thiophene rings is 1. The quantitative estimate of drug-likeness (QED) is 0.0816. The molecule has 234 valence electrons. The van der Waals surface area contributed by atoms with Crippen LogP contribution >= 0.6 is 11.3 Å². The van der Waals surface area contributed by atoms with Crippen molar-refractivity contribution in [2.75, 3.05) is 18.9 Å². The van der Waals surface area contributed by atoms with Crippen molar-refractivity contribution in [2.45, 2.75) is 46.0 Å². The zero-order valence-electron chi connectivity index (χ0n) is 25.7. The number of aliphatic hydroxyl groups is 1. The van der Waals surface area contributed by atoms with Gasteiger partial charge in [0.15, 0.2) is 5.82 Å². The molecule has 2 unspecified atom stereocenters. The molecule has 44 heavy (non-hydrogen) atoms. The lowest BCUT2D eigenvalue weighted by Gasteiger charge is -2.17. The Morgan fingerprint density at radius 2 is 2.02 bits per heavy atom. The van der Waals surface area contributed by atoms with E-state index < -0.39 is 18.2 Å². The van der Waals surface area contributed by atoms with Crippen LogP contribution in [0.25, 0.3) is 10.1 Å². The Kier molecular flexibility index (Phi) is 12.8. The van der Waals surface area contributed by atoms with E-state index in [0.717, 1.165) is 15.8 Å². The molecule has 10 nitrogen and oxygen atoms in total. The largest absolute Gasteiger partial charge is 0.392 e. The lowest BCUT2D eigenvalue weighted by molar-refractivity contribution is -0.118. The van der Waals surface area contributed by atoms with Crippen molar-refractivity contribution in [1.82, 2.24) is 25.4 Å². The number of allylic oxidation sites excluding steroid dienone is 6. The Balaban J connectivity index is 1.87. The van der Waals surface area contributed by atoms with Crippen molar-refractivity contribution in [2.24, 2.45) is 12.1 Å². The summed E-state index contributed by atoms with van der Waals surface area (Å²) in [4.78, 5) is 27.3. The molecule has 0 aliphatic rings. The summed E-state index contributed by atoms with van der Waals surface area (Å²) in [6.07, 6.45) is 6.63. The molecular formula is C32H40FN7O3S. The summed E-state index contributed by atoms with van der Waals surface area (Å²) >= 11 is 1.32. The minimum absolute atomic E-state index is 0.0373. The number of amides is 2. The summed E-state index contributed by atoms with van der Waals surface area (Å²) in [7, 11) is 3.75. The first-order valence-corrected chi connectivity index (χ1v) is 14.9. The van der Waals surface area contributed by atoms with Crippen molar-refractivity contribution in [3.05, 3.63) is 95.3 Å². The molecule has 3 aromatic rings. The van der Waals surface area contributed by atoms with Crippen molar-refractivity contribution in [1.29, 1.82) is 0 Å². The first-order chi connectivity index (χ1) is 21.0. The number of alkyl halides is 1. The molecule has 12 heteroatoms. The number of carbonyl (C=O) groups is 2. The molecular weight excluding hydrogens is 581 g/mol. The van der Waals surface area contributed by atoms with Crippen LogP contribution in [0.15, 0.2) is 89.9 Å². The molecule has 0 aliphatic heterocycles. The third-order valence-electron chi connectivity index (χ3n) is 6.24. The van der Waals surface area contributed by atoms with Crippen molar-refractivity contribution < 1.29 is 19.1 Å². The van der Waals surface area contributed by atoms with Crippen molar-refractivity contribution in [3.8, 4) is 0 Å². The summed E-state index contributed by atoms with van der Waals surface area (Å²) in [5.74, 6) is -0.236. The summed E-state index contributed by atoms with van der Waals surface area (Å²) in [6.45, 7) is 9.27. The van der Waals surface area contributed by atoms with E-state index in [9.17, 15) is 19.1 Å². The molecule has 2 aromatic heterocycles. The Morgan fingerprint density at radius 1 is 1.27 bits per heavy atom. The number of nitrogens with zero attached hydrogens (tertiary/aromatic N) is 4. The van der Waals surface area contributed by atoms with Gasteiger partial charge in [-0.1, -0.05) is 30.4 Å². The number of rotatable bonds is 15. The fraction of sp³-hybridized carbons (Fsp3) is 0.312. The molecule has 2 heterocycles. The van der Waals surface area contributed by atoms with Gasteiger partial charge in [-0.25, -0.2) is 9.82 Å². The Labute approximate surface area is 261 Å². The Hall–Kier alpha value is -4.39. The second-order valence-electron chi connectivity index (χ2n) is 10.3. The minimum atomic E-state index is -1.51. The van der Waals surface area contributed by atoms with Gasteiger partial charge in [0.1, 0.15) is 6.17 Å². The van der Waals surface area contributed by atoms with Crippen LogP contribution < -0.4 is 16.1 Å². The van der Waals surface area contributed by atoms with Gasteiger partial charge in [-0.3, -0.25) is 19.2 Å². The van der Waals surface area contributed by atoms with E-state index in [1.165, 1.54) is 31.3 Å². The van der Waals surface area contributed by atoms with Gasteiger partial charge in [-0.15, -0.1) is 17.9 Å². The first kappa shape index (κ1) is 34.1. The molecule has 0 fully saturated rings. The highest BCUT2D eigenvalue weighted by Gasteiger charge is 2.17. The number of aliphatic hydroxyl groups excluding tert-OH is 1. The SMILES string of the molecule is C=CC/C=C(\C=C(\NC(=O)c1cc2ccccc2s1)C(C)F)C(/C=C/Nc1cc(CN(C)CC(C)O)n(C)n1)=N/NC(C)=O. The van der Waals surface area contributed by atoms with E-state index in [1.807, 2.05) is 49.3 Å². The molecule has 0 radical (unpaired) electrons. The lowest BCUT2D eigenvalue weighted by Crippen LogP contribution is -2.27. The zero-order valence-corrected chi connectivity index (χ0v) is 26.5. The average molecular weight is 622 g/mol. The number of hydrogen-bond acceptors (Lipinski definition) is 8. The third kappa shape index (κ3) is 10.4. The smallest absolute Gasteiger partial charge is 0.265 e. The molecule has 1 aromatic carbocycles. The maximum Gasteiger partial charge on any atom is 0.265 e. The highest BCUT2D eigenvalue weighted by molar-refractivity contribution is 7.20. The molecule has 0 saturated heterocycles. The highest BCUT2D eigenvalue weighted by atomic mass is 32.1. The Morgan fingerprint density at radius 3 is 2.68 bits per heavy atom. The summed E-state index contributed by atoms with van der Waals surface area (Å²) in [5, 5.41) is 25.1. The van der Waals surface area contributed by atoms with Gasteiger partial charge in [-0.05, 0) is 57.0 Å². The van der Waals surface area contributed by atoms with E-state index >= 15 is 0 Å². The fourth-order valence-corrected chi connectivity index (χ4v) is 5.17. The normalized spacial score (nSPS) is 14.2. The van der Waals surface area contributed by atoms with Crippen LogP contribution in [0.5, 0.6) is 0 Å². The maximum atomic E-state index is 14.9. The number of nitrogens with one attached hydrogen (secondary N) is 3. The topological polar surface area (TPSA) is 124 Å². The standard InChI is InChI=1S/C32H40FN7O3S/c1-7-8-11-24(16-28(22(3)33)35-32(43)30-17-25-12-9-10-13-29(25)44-30)27(37-36-23(4)42)14-15-34-31-18-26(40(6)38-31)20-39(5)19-21(2)41/h7,9-18,21-22,41H,1,8,19-20H2,2-6H3,(H,34,38)(H,35,43)(H,36,42)/b15-14+,24-11+,28-16+,37-27+. The van der Waals surface area contributed by atoms with Gasteiger partial charge < -0.3 is 15.7 Å². The number of aromatic nitrogens is 2. The van der Waals surface area contributed by atoms with Crippen LogP contribution in [0.2, 0.25) is 0 Å². The molecule has 0 aliphatic carbocycles.